The lowest BCUT2D eigenvalue weighted by atomic mass is 9.91. The quantitative estimate of drug-likeness (QED) is 0.534. The van der Waals surface area contributed by atoms with Crippen molar-refractivity contribution < 1.29 is 27.9 Å². The van der Waals surface area contributed by atoms with E-state index in [9.17, 15) is 23.1 Å². The van der Waals surface area contributed by atoms with Crippen molar-refractivity contribution in [1.29, 1.82) is 0 Å². The zero-order valence-electron chi connectivity index (χ0n) is 19.8. The molecule has 1 saturated heterocycles. The highest BCUT2D eigenvalue weighted by molar-refractivity contribution is 7.92. The standard InChI is InChI=1S/C24H31N3O6S/c1-24(2,3)23(30)27-13-7-8-16(15-27)22(29)25-19-14-17(11-12-20(19)28)34(31,32)26-18-9-5-6-10-21(18)33-4/h5-6,9-12,14,16,26,28H,7-8,13,15H2,1-4H3,(H,25,29). The number of benzene rings is 2. The number of aromatic hydroxyl groups is 1. The minimum atomic E-state index is -4.03. The number of piperidine rings is 1. The number of hydrogen-bond acceptors (Lipinski definition) is 6. The van der Waals surface area contributed by atoms with Gasteiger partial charge < -0.3 is 20.1 Å². The van der Waals surface area contributed by atoms with E-state index in [0.29, 0.717) is 25.1 Å². The Morgan fingerprint density at radius 3 is 2.50 bits per heavy atom. The fourth-order valence-electron chi connectivity index (χ4n) is 3.80. The molecule has 1 atom stereocenters. The molecule has 0 radical (unpaired) electrons. The fourth-order valence-corrected chi connectivity index (χ4v) is 4.90. The molecular formula is C24H31N3O6S. The molecule has 0 spiro atoms. The third-order valence-electron chi connectivity index (χ3n) is 5.61. The van der Waals surface area contributed by atoms with Crippen LogP contribution in [0.3, 0.4) is 0 Å². The number of para-hydroxylation sites is 2. The topological polar surface area (TPSA) is 125 Å². The van der Waals surface area contributed by atoms with Crippen molar-refractivity contribution in [1.82, 2.24) is 4.90 Å². The summed E-state index contributed by atoms with van der Waals surface area (Å²) in [6.45, 7) is 6.37. The molecule has 0 saturated carbocycles. The minimum absolute atomic E-state index is 0.0211. The Balaban J connectivity index is 1.77. The van der Waals surface area contributed by atoms with Crippen molar-refractivity contribution in [2.45, 2.75) is 38.5 Å². The largest absolute Gasteiger partial charge is 0.506 e. The monoisotopic (exact) mass is 489 g/mol. The first-order chi connectivity index (χ1) is 15.9. The number of ether oxygens (including phenoxy) is 1. The second-order valence-electron chi connectivity index (χ2n) is 9.31. The maximum Gasteiger partial charge on any atom is 0.262 e. The number of carbonyl (C=O) groups excluding carboxylic acids is 2. The molecule has 1 heterocycles. The predicted octanol–water partition coefficient (Wildman–Crippen LogP) is 3.42. The summed E-state index contributed by atoms with van der Waals surface area (Å²) in [5, 5.41) is 12.9. The van der Waals surface area contributed by atoms with Gasteiger partial charge in [-0.1, -0.05) is 32.9 Å². The van der Waals surface area contributed by atoms with E-state index >= 15 is 0 Å². The number of hydrogen-bond donors (Lipinski definition) is 3. The molecule has 2 aromatic carbocycles. The van der Waals surface area contributed by atoms with E-state index in [1.165, 1.54) is 25.3 Å². The molecule has 1 unspecified atom stereocenters. The normalized spacial score (nSPS) is 16.6. The summed E-state index contributed by atoms with van der Waals surface area (Å²) >= 11 is 0. The van der Waals surface area contributed by atoms with Gasteiger partial charge in [-0.25, -0.2) is 8.42 Å². The van der Waals surface area contributed by atoms with Crippen LogP contribution in [0.15, 0.2) is 47.4 Å². The van der Waals surface area contributed by atoms with E-state index in [0.717, 1.165) is 0 Å². The van der Waals surface area contributed by atoms with Crippen LogP contribution in [-0.4, -0.2) is 50.4 Å². The van der Waals surface area contributed by atoms with Gasteiger partial charge in [0.15, 0.2) is 0 Å². The van der Waals surface area contributed by atoms with Gasteiger partial charge >= 0.3 is 0 Å². The number of methoxy groups -OCH3 is 1. The summed E-state index contributed by atoms with van der Waals surface area (Å²) < 4.78 is 33.5. The number of amides is 2. The molecule has 0 aliphatic carbocycles. The minimum Gasteiger partial charge on any atom is -0.506 e. The van der Waals surface area contributed by atoms with Crippen LogP contribution in [-0.2, 0) is 19.6 Å². The van der Waals surface area contributed by atoms with Crippen LogP contribution in [0.1, 0.15) is 33.6 Å². The highest BCUT2D eigenvalue weighted by atomic mass is 32.2. The van der Waals surface area contributed by atoms with E-state index in [1.54, 1.807) is 29.2 Å². The van der Waals surface area contributed by atoms with Gasteiger partial charge in [0.05, 0.1) is 29.3 Å². The second-order valence-corrected chi connectivity index (χ2v) is 11.0. The maximum atomic E-state index is 12.9. The number of phenols is 1. The number of sulfonamides is 1. The van der Waals surface area contributed by atoms with Gasteiger partial charge in [0.25, 0.3) is 10.0 Å². The maximum absolute atomic E-state index is 12.9. The van der Waals surface area contributed by atoms with E-state index in [4.69, 9.17) is 4.74 Å². The van der Waals surface area contributed by atoms with Crippen LogP contribution in [0.2, 0.25) is 0 Å². The number of nitrogens with one attached hydrogen (secondary N) is 2. The summed E-state index contributed by atoms with van der Waals surface area (Å²) in [7, 11) is -2.59. The molecule has 10 heteroatoms. The average Bonchev–Trinajstić information content (AvgIpc) is 2.79. The summed E-state index contributed by atoms with van der Waals surface area (Å²) in [6, 6.07) is 10.2. The van der Waals surface area contributed by atoms with Crippen LogP contribution in [0.4, 0.5) is 11.4 Å². The predicted molar refractivity (Wildman–Crippen MR) is 129 cm³/mol. The lowest BCUT2D eigenvalue weighted by Gasteiger charge is -2.35. The van der Waals surface area contributed by atoms with E-state index in [-0.39, 0.29) is 40.4 Å². The number of carbonyl (C=O) groups is 2. The van der Waals surface area contributed by atoms with Gasteiger partial charge in [-0.05, 0) is 43.2 Å². The molecule has 3 N–H and O–H groups in total. The highest BCUT2D eigenvalue weighted by Crippen LogP contribution is 2.31. The Labute approximate surface area is 200 Å². The van der Waals surface area contributed by atoms with Crippen LogP contribution < -0.4 is 14.8 Å². The van der Waals surface area contributed by atoms with Crippen LogP contribution in [0, 0.1) is 11.3 Å². The molecule has 3 rings (SSSR count). The number of anilines is 2. The van der Waals surface area contributed by atoms with Crippen LogP contribution in [0.25, 0.3) is 0 Å². The van der Waals surface area contributed by atoms with Gasteiger partial charge in [0.1, 0.15) is 11.5 Å². The molecule has 9 nitrogen and oxygen atoms in total. The summed E-state index contributed by atoms with van der Waals surface area (Å²) in [4.78, 5) is 27.1. The molecule has 184 valence electrons. The molecule has 0 bridgehead atoms. The van der Waals surface area contributed by atoms with Gasteiger partial charge in [-0.3, -0.25) is 14.3 Å². The molecule has 1 aliphatic rings. The van der Waals surface area contributed by atoms with Crippen molar-refractivity contribution in [3.8, 4) is 11.5 Å². The highest BCUT2D eigenvalue weighted by Gasteiger charge is 2.33. The number of phenolic OH excluding ortho intramolecular Hbond substituents is 1. The molecule has 2 amide bonds. The Bertz CT molecular complexity index is 1170. The van der Waals surface area contributed by atoms with Gasteiger partial charge in [-0.2, -0.15) is 0 Å². The van der Waals surface area contributed by atoms with E-state index in [2.05, 4.69) is 10.0 Å². The molecule has 1 aliphatic heterocycles. The Morgan fingerprint density at radius 2 is 1.82 bits per heavy atom. The molecule has 1 fully saturated rings. The summed E-state index contributed by atoms with van der Waals surface area (Å²) in [5.74, 6) is -0.781. The third-order valence-corrected chi connectivity index (χ3v) is 6.97. The fraction of sp³-hybridized carbons (Fsp3) is 0.417. The first-order valence-corrected chi connectivity index (χ1v) is 12.5. The van der Waals surface area contributed by atoms with Gasteiger partial charge in [0.2, 0.25) is 11.8 Å². The van der Waals surface area contributed by atoms with E-state index < -0.39 is 21.4 Å². The average molecular weight is 490 g/mol. The summed E-state index contributed by atoms with van der Waals surface area (Å²) in [5.41, 5.74) is -0.310. The molecule has 2 aromatic rings. The SMILES string of the molecule is COc1ccccc1NS(=O)(=O)c1ccc(O)c(NC(=O)C2CCCN(C(=O)C(C)(C)C)C2)c1. The lowest BCUT2D eigenvalue weighted by Crippen LogP contribution is -2.47. The first-order valence-electron chi connectivity index (χ1n) is 11.0. The van der Waals surface area contributed by atoms with Crippen molar-refractivity contribution in [3.63, 3.8) is 0 Å². The first kappa shape index (κ1) is 25.4. The number of rotatable bonds is 6. The van der Waals surface area contributed by atoms with Crippen molar-refractivity contribution in [2.24, 2.45) is 11.3 Å². The summed E-state index contributed by atoms with van der Waals surface area (Å²) in [6.07, 6.45) is 1.27. The van der Waals surface area contributed by atoms with Gasteiger partial charge in [-0.15, -0.1) is 0 Å². The van der Waals surface area contributed by atoms with Crippen LogP contribution >= 0.6 is 0 Å². The van der Waals surface area contributed by atoms with E-state index in [1.807, 2.05) is 20.8 Å². The van der Waals surface area contributed by atoms with Crippen molar-refractivity contribution in [2.75, 3.05) is 30.2 Å². The van der Waals surface area contributed by atoms with Crippen molar-refractivity contribution in [3.05, 3.63) is 42.5 Å². The van der Waals surface area contributed by atoms with Crippen molar-refractivity contribution >= 4 is 33.2 Å². The zero-order valence-corrected chi connectivity index (χ0v) is 20.6. The third kappa shape index (κ3) is 5.80. The second kappa shape index (κ2) is 9.92. The lowest BCUT2D eigenvalue weighted by molar-refractivity contribution is -0.142. The number of likely N-dealkylation sites (tertiary alicyclic amines) is 1. The Morgan fingerprint density at radius 1 is 1.12 bits per heavy atom. The van der Waals surface area contributed by atoms with Crippen LogP contribution in [0.5, 0.6) is 11.5 Å². The number of nitrogens with zero attached hydrogens (tertiary/aromatic N) is 1. The Kier molecular flexibility index (Phi) is 7.40. The molecule has 0 aromatic heterocycles. The molecule has 34 heavy (non-hydrogen) atoms. The zero-order chi connectivity index (χ0) is 25.1. The molecular weight excluding hydrogens is 458 g/mol. The Hall–Kier alpha value is -3.27. The smallest absolute Gasteiger partial charge is 0.262 e. The van der Waals surface area contributed by atoms with Gasteiger partial charge in [0, 0.05) is 18.5 Å².